The number of terminal acetylenes is 1. The predicted molar refractivity (Wildman–Crippen MR) is 48.7 cm³/mol. The second-order valence-electron chi connectivity index (χ2n) is 2.41. The van der Waals surface area contributed by atoms with Crippen molar-refractivity contribution in [1.29, 1.82) is 5.26 Å². The Morgan fingerprint density at radius 2 is 2.46 bits per heavy atom. The summed E-state index contributed by atoms with van der Waals surface area (Å²) in [5.41, 5.74) is 0.321. The topological polar surface area (TPSA) is 61.6 Å². The molecule has 0 aliphatic rings. The van der Waals surface area contributed by atoms with Crippen molar-refractivity contribution in [2.75, 3.05) is 5.32 Å². The van der Waals surface area contributed by atoms with Crippen LogP contribution in [0.4, 0.5) is 5.95 Å². The summed E-state index contributed by atoms with van der Waals surface area (Å²) in [5.74, 6) is 2.86. The van der Waals surface area contributed by atoms with E-state index >= 15 is 0 Å². The van der Waals surface area contributed by atoms with Crippen molar-refractivity contribution >= 4 is 5.95 Å². The van der Waals surface area contributed by atoms with Crippen molar-refractivity contribution in [3.8, 4) is 18.4 Å². The molecule has 0 radical (unpaired) electrons. The lowest BCUT2D eigenvalue weighted by Gasteiger charge is -2.05. The Kier molecular flexibility index (Phi) is 2.83. The third-order valence-electron chi connectivity index (χ3n) is 1.37. The predicted octanol–water partition coefficient (Wildman–Crippen LogP) is 0.782. The smallest absolute Gasteiger partial charge is 0.224 e. The molecule has 1 aromatic heterocycles. The number of rotatable bonds is 2. The van der Waals surface area contributed by atoms with Gasteiger partial charge in [-0.3, -0.25) is 0 Å². The van der Waals surface area contributed by atoms with E-state index < -0.39 is 0 Å². The Morgan fingerprint density at radius 3 is 3.08 bits per heavy atom. The minimum atomic E-state index is -0.144. The van der Waals surface area contributed by atoms with E-state index in [1.165, 1.54) is 12.3 Å². The summed E-state index contributed by atoms with van der Waals surface area (Å²) in [5, 5.41) is 11.4. The van der Waals surface area contributed by atoms with E-state index in [2.05, 4.69) is 21.2 Å². The molecule has 0 aliphatic heterocycles. The lowest BCUT2D eigenvalue weighted by molar-refractivity contribution is 0.978. The Hall–Kier alpha value is -2.07. The van der Waals surface area contributed by atoms with Crippen LogP contribution in [-0.4, -0.2) is 16.0 Å². The lowest BCUT2D eigenvalue weighted by Crippen LogP contribution is -2.14. The van der Waals surface area contributed by atoms with Crippen LogP contribution in [0.15, 0.2) is 12.3 Å². The monoisotopic (exact) mass is 172 g/mol. The summed E-state index contributed by atoms with van der Waals surface area (Å²) in [6, 6.07) is 3.30. The fraction of sp³-hybridized carbons (Fsp3) is 0.222. The summed E-state index contributed by atoms with van der Waals surface area (Å²) >= 11 is 0. The van der Waals surface area contributed by atoms with Gasteiger partial charge in [0.1, 0.15) is 11.8 Å². The van der Waals surface area contributed by atoms with Crippen LogP contribution in [0.1, 0.15) is 12.6 Å². The van der Waals surface area contributed by atoms with Crippen LogP contribution in [0.5, 0.6) is 0 Å². The van der Waals surface area contributed by atoms with Crippen molar-refractivity contribution in [3.63, 3.8) is 0 Å². The van der Waals surface area contributed by atoms with Crippen LogP contribution in [0, 0.1) is 23.7 Å². The van der Waals surface area contributed by atoms with Gasteiger partial charge in [-0.15, -0.1) is 6.42 Å². The van der Waals surface area contributed by atoms with Crippen LogP contribution in [0.25, 0.3) is 0 Å². The maximum absolute atomic E-state index is 8.54. The van der Waals surface area contributed by atoms with Crippen molar-refractivity contribution in [2.45, 2.75) is 13.0 Å². The highest BCUT2D eigenvalue weighted by molar-refractivity contribution is 5.32. The van der Waals surface area contributed by atoms with Gasteiger partial charge in [0.15, 0.2) is 0 Å². The van der Waals surface area contributed by atoms with Gasteiger partial charge < -0.3 is 5.32 Å². The highest BCUT2D eigenvalue weighted by atomic mass is 15.1. The van der Waals surface area contributed by atoms with Crippen LogP contribution in [0.2, 0.25) is 0 Å². The standard InChI is InChI=1S/C9H8N4/c1-3-7(2)12-9-11-5-4-8(6-10)13-9/h1,4-5,7H,2H3,(H,11,12,13). The fourth-order valence-electron chi connectivity index (χ4n) is 0.726. The van der Waals surface area contributed by atoms with E-state index in [0.29, 0.717) is 11.6 Å². The zero-order chi connectivity index (χ0) is 9.68. The highest BCUT2D eigenvalue weighted by Gasteiger charge is 2.00. The molecule has 0 spiro atoms. The quantitative estimate of drug-likeness (QED) is 0.670. The van der Waals surface area contributed by atoms with E-state index in [1.54, 1.807) is 0 Å². The van der Waals surface area contributed by atoms with Gasteiger partial charge in [0.05, 0.1) is 6.04 Å². The highest BCUT2D eigenvalue weighted by Crippen LogP contribution is 2.00. The maximum Gasteiger partial charge on any atom is 0.224 e. The van der Waals surface area contributed by atoms with Crippen molar-refractivity contribution in [1.82, 2.24) is 9.97 Å². The van der Waals surface area contributed by atoms with Crippen molar-refractivity contribution in [2.24, 2.45) is 0 Å². The van der Waals surface area contributed by atoms with Crippen molar-refractivity contribution < 1.29 is 0 Å². The first-order chi connectivity index (χ1) is 6.26. The van der Waals surface area contributed by atoms with E-state index in [0.717, 1.165) is 0 Å². The Balaban J connectivity index is 2.80. The zero-order valence-corrected chi connectivity index (χ0v) is 7.15. The molecule has 0 aliphatic carbocycles. The second kappa shape index (κ2) is 4.08. The first kappa shape index (κ1) is 9.02. The molecule has 1 aromatic rings. The van der Waals surface area contributed by atoms with Crippen LogP contribution >= 0.6 is 0 Å². The molecule has 1 heterocycles. The van der Waals surface area contributed by atoms with Gasteiger partial charge in [-0.25, -0.2) is 9.97 Å². The molecular formula is C9H8N4. The summed E-state index contributed by atoms with van der Waals surface area (Å²) in [7, 11) is 0. The van der Waals surface area contributed by atoms with E-state index in [1.807, 2.05) is 13.0 Å². The summed E-state index contributed by atoms with van der Waals surface area (Å²) < 4.78 is 0. The van der Waals surface area contributed by atoms with Crippen LogP contribution in [-0.2, 0) is 0 Å². The summed E-state index contributed by atoms with van der Waals surface area (Å²) in [6.45, 7) is 1.81. The zero-order valence-electron chi connectivity index (χ0n) is 7.15. The number of aromatic nitrogens is 2. The number of hydrogen-bond donors (Lipinski definition) is 1. The minimum Gasteiger partial charge on any atom is -0.341 e. The molecular weight excluding hydrogens is 164 g/mol. The molecule has 1 unspecified atom stereocenters. The first-order valence-electron chi connectivity index (χ1n) is 3.72. The fourth-order valence-corrected chi connectivity index (χ4v) is 0.726. The molecule has 4 heteroatoms. The lowest BCUT2D eigenvalue weighted by atomic mass is 10.4. The Labute approximate surface area is 76.6 Å². The van der Waals surface area contributed by atoms with Gasteiger partial charge in [0, 0.05) is 6.20 Å². The van der Waals surface area contributed by atoms with Gasteiger partial charge >= 0.3 is 0 Å². The number of nitriles is 1. The van der Waals surface area contributed by atoms with Gasteiger partial charge in [-0.1, -0.05) is 5.92 Å². The molecule has 0 bridgehead atoms. The molecule has 64 valence electrons. The van der Waals surface area contributed by atoms with Gasteiger partial charge in [0.25, 0.3) is 0 Å². The third kappa shape index (κ3) is 2.46. The molecule has 1 atom stereocenters. The SMILES string of the molecule is C#CC(C)Nc1nccc(C#N)n1. The molecule has 1 N–H and O–H groups in total. The second-order valence-corrected chi connectivity index (χ2v) is 2.41. The summed E-state index contributed by atoms with van der Waals surface area (Å²) in [6.07, 6.45) is 6.67. The van der Waals surface area contributed by atoms with E-state index in [4.69, 9.17) is 11.7 Å². The van der Waals surface area contributed by atoms with Crippen LogP contribution < -0.4 is 5.32 Å². The number of anilines is 1. The van der Waals surface area contributed by atoms with E-state index in [9.17, 15) is 0 Å². The molecule has 0 amide bonds. The largest absolute Gasteiger partial charge is 0.341 e. The van der Waals surface area contributed by atoms with Crippen molar-refractivity contribution in [3.05, 3.63) is 18.0 Å². The minimum absolute atomic E-state index is 0.144. The van der Waals surface area contributed by atoms with E-state index in [-0.39, 0.29) is 6.04 Å². The first-order valence-corrected chi connectivity index (χ1v) is 3.72. The molecule has 13 heavy (non-hydrogen) atoms. The average molecular weight is 172 g/mol. The molecule has 0 saturated heterocycles. The average Bonchev–Trinajstić information content (AvgIpc) is 2.18. The molecule has 1 rings (SSSR count). The third-order valence-corrected chi connectivity index (χ3v) is 1.37. The van der Waals surface area contributed by atoms with Gasteiger partial charge in [-0.05, 0) is 13.0 Å². The van der Waals surface area contributed by atoms with Gasteiger partial charge in [-0.2, -0.15) is 5.26 Å². The number of hydrogen-bond acceptors (Lipinski definition) is 4. The Morgan fingerprint density at radius 1 is 1.69 bits per heavy atom. The number of nitrogens with zero attached hydrogens (tertiary/aromatic N) is 3. The number of nitrogens with one attached hydrogen (secondary N) is 1. The molecule has 0 aromatic carbocycles. The normalized spacial score (nSPS) is 11.0. The Bertz CT molecular complexity index is 372. The van der Waals surface area contributed by atoms with Crippen LogP contribution in [0.3, 0.4) is 0 Å². The molecule has 0 saturated carbocycles. The molecule has 0 fully saturated rings. The summed E-state index contributed by atoms with van der Waals surface area (Å²) in [4.78, 5) is 7.81. The maximum atomic E-state index is 8.54. The molecule has 4 nitrogen and oxygen atoms in total. The van der Waals surface area contributed by atoms with Gasteiger partial charge in [0.2, 0.25) is 5.95 Å².